The second kappa shape index (κ2) is 7.15. The van der Waals surface area contributed by atoms with Crippen molar-refractivity contribution in [2.75, 3.05) is 25.0 Å². The van der Waals surface area contributed by atoms with Crippen molar-refractivity contribution < 1.29 is 18.3 Å². The van der Waals surface area contributed by atoms with Crippen molar-refractivity contribution in [2.45, 2.75) is 39.2 Å². The number of likely N-dealkylation sites (tertiary alicyclic amines) is 1. The van der Waals surface area contributed by atoms with Crippen LogP contribution >= 0.6 is 0 Å². The molecule has 1 unspecified atom stereocenters. The predicted octanol–water partition coefficient (Wildman–Crippen LogP) is 4.02. The van der Waals surface area contributed by atoms with Gasteiger partial charge in [-0.15, -0.1) is 0 Å². The summed E-state index contributed by atoms with van der Waals surface area (Å²) in [7, 11) is 0. The molecule has 1 aliphatic rings. The molecule has 2 rings (SSSR count). The van der Waals surface area contributed by atoms with Gasteiger partial charge in [0.1, 0.15) is 5.60 Å². The van der Waals surface area contributed by atoms with E-state index in [9.17, 15) is 13.6 Å². The fraction of sp³-hybridized carbons (Fsp3) is 0.588. The maximum absolute atomic E-state index is 13.6. The highest BCUT2D eigenvalue weighted by molar-refractivity contribution is 5.68. The fourth-order valence-corrected chi connectivity index (χ4v) is 2.62. The number of carbonyl (C=O) groups is 1. The summed E-state index contributed by atoms with van der Waals surface area (Å²) in [4.78, 5) is 13.8. The molecule has 1 saturated heterocycles. The van der Waals surface area contributed by atoms with Crippen LogP contribution < -0.4 is 5.32 Å². The zero-order chi connectivity index (χ0) is 17.0. The van der Waals surface area contributed by atoms with E-state index in [1.807, 2.05) is 20.8 Å². The highest BCUT2D eigenvalue weighted by Gasteiger charge is 2.27. The van der Waals surface area contributed by atoms with Crippen LogP contribution in [-0.4, -0.2) is 36.2 Å². The minimum absolute atomic E-state index is 0.152. The van der Waals surface area contributed by atoms with Crippen LogP contribution in [-0.2, 0) is 4.74 Å². The average Bonchev–Trinajstić information content (AvgIpc) is 2.47. The number of anilines is 1. The summed E-state index contributed by atoms with van der Waals surface area (Å²) >= 11 is 0. The van der Waals surface area contributed by atoms with Crippen LogP contribution in [0.2, 0.25) is 0 Å². The minimum Gasteiger partial charge on any atom is -0.444 e. The van der Waals surface area contributed by atoms with Gasteiger partial charge in [-0.25, -0.2) is 13.6 Å². The van der Waals surface area contributed by atoms with Crippen molar-refractivity contribution in [3.05, 3.63) is 29.8 Å². The summed E-state index contributed by atoms with van der Waals surface area (Å²) in [5, 5.41) is 2.94. The number of nitrogens with one attached hydrogen (secondary N) is 1. The second-order valence-electron chi connectivity index (χ2n) is 6.92. The summed E-state index contributed by atoms with van der Waals surface area (Å²) in [6.07, 6.45) is 1.49. The summed E-state index contributed by atoms with van der Waals surface area (Å²) in [5.74, 6) is -1.56. The van der Waals surface area contributed by atoms with E-state index in [-0.39, 0.29) is 17.7 Å². The molecule has 4 nitrogen and oxygen atoms in total. The SMILES string of the molecule is CC(C)(C)OC(=O)N1CCCC(CNc2cccc(F)c2F)C1. The zero-order valence-corrected chi connectivity index (χ0v) is 13.9. The number of piperidine rings is 1. The van der Waals surface area contributed by atoms with Gasteiger partial charge in [0.2, 0.25) is 0 Å². The van der Waals surface area contributed by atoms with Crippen LogP contribution in [0.15, 0.2) is 18.2 Å². The molecule has 128 valence electrons. The summed E-state index contributed by atoms with van der Waals surface area (Å²) in [5.41, 5.74) is -0.369. The van der Waals surface area contributed by atoms with Gasteiger partial charge in [0.05, 0.1) is 5.69 Å². The van der Waals surface area contributed by atoms with Gasteiger partial charge in [-0.2, -0.15) is 0 Å². The Labute approximate surface area is 135 Å². The van der Waals surface area contributed by atoms with Gasteiger partial charge in [-0.3, -0.25) is 0 Å². The third kappa shape index (κ3) is 5.08. The molecule has 0 aliphatic carbocycles. The monoisotopic (exact) mass is 326 g/mol. The largest absolute Gasteiger partial charge is 0.444 e. The highest BCUT2D eigenvalue weighted by Crippen LogP contribution is 2.22. The van der Waals surface area contributed by atoms with Crippen molar-refractivity contribution in [3.63, 3.8) is 0 Å². The fourth-order valence-electron chi connectivity index (χ4n) is 2.62. The van der Waals surface area contributed by atoms with E-state index >= 15 is 0 Å². The normalized spacial score (nSPS) is 18.7. The maximum atomic E-state index is 13.6. The summed E-state index contributed by atoms with van der Waals surface area (Å²) < 4.78 is 32.2. The van der Waals surface area contributed by atoms with Gasteiger partial charge in [-0.05, 0) is 51.7 Å². The van der Waals surface area contributed by atoms with Crippen molar-refractivity contribution in [3.8, 4) is 0 Å². The van der Waals surface area contributed by atoms with E-state index in [0.717, 1.165) is 18.9 Å². The molecular formula is C17H24F2N2O2. The van der Waals surface area contributed by atoms with E-state index in [1.165, 1.54) is 12.1 Å². The van der Waals surface area contributed by atoms with Crippen LogP contribution in [0.4, 0.5) is 19.3 Å². The molecule has 0 spiro atoms. The minimum atomic E-state index is -0.868. The number of benzene rings is 1. The quantitative estimate of drug-likeness (QED) is 0.912. The summed E-state index contributed by atoms with van der Waals surface area (Å²) in [6, 6.07) is 4.06. The average molecular weight is 326 g/mol. The number of halogens is 2. The van der Waals surface area contributed by atoms with Crippen LogP contribution in [0.25, 0.3) is 0 Å². The number of carbonyl (C=O) groups excluding carboxylic acids is 1. The Morgan fingerprint density at radius 2 is 2.13 bits per heavy atom. The topological polar surface area (TPSA) is 41.6 Å². The van der Waals surface area contributed by atoms with Crippen molar-refractivity contribution in [1.29, 1.82) is 0 Å². The molecule has 1 N–H and O–H groups in total. The Morgan fingerprint density at radius 1 is 1.39 bits per heavy atom. The lowest BCUT2D eigenvalue weighted by Crippen LogP contribution is -2.44. The van der Waals surface area contributed by atoms with Gasteiger partial charge in [0.15, 0.2) is 11.6 Å². The van der Waals surface area contributed by atoms with Gasteiger partial charge in [-0.1, -0.05) is 6.07 Å². The summed E-state index contributed by atoms with van der Waals surface area (Å²) in [6.45, 7) is 7.21. The molecule has 0 radical (unpaired) electrons. The van der Waals surface area contributed by atoms with Crippen LogP contribution in [0.3, 0.4) is 0 Å². The Hall–Kier alpha value is -1.85. The van der Waals surface area contributed by atoms with E-state index in [2.05, 4.69) is 5.32 Å². The number of rotatable bonds is 3. The predicted molar refractivity (Wildman–Crippen MR) is 85.4 cm³/mol. The number of ether oxygens (including phenoxy) is 1. The first-order valence-electron chi connectivity index (χ1n) is 7.92. The third-order valence-electron chi connectivity index (χ3n) is 3.70. The third-order valence-corrected chi connectivity index (χ3v) is 3.70. The smallest absolute Gasteiger partial charge is 0.410 e. The second-order valence-corrected chi connectivity index (χ2v) is 6.92. The first kappa shape index (κ1) is 17.5. The van der Waals surface area contributed by atoms with Gasteiger partial charge < -0.3 is 15.0 Å². The van der Waals surface area contributed by atoms with E-state index in [4.69, 9.17) is 4.74 Å². The lowest BCUT2D eigenvalue weighted by Gasteiger charge is -2.34. The Balaban J connectivity index is 1.89. The molecule has 1 heterocycles. The maximum Gasteiger partial charge on any atom is 0.410 e. The van der Waals surface area contributed by atoms with E-state index in [1.54, 1.807) is 4.90 Å². The first-order valence-corrected chi connectivity index (χ1v) is 7.92. The number of nitrogens with zero attached hydrogens (tertiary/aromatic N) is 1. The molecule has 0 saturated carbocycles. The van der Waals surface area contributed by atoms with Crippen LogP contribution in [0.1, 0.15) is 33.6 Å². The molecule has 23 heavy (non-hydrogen) atoms. The van der Waals surface area contributed by atoms with Gasteiger partial charge >= 0.3 is 6.09 Å². The molecule has 1 atom stereocenters. The van der Waals surface area contributed by atoms with Gasteiger partial charge in [0, 0.05) is 19.6 Å². The van der Waals surface area contributed by atoms with Crippen LogP contribution in [0.5, 0.6) is 0 Å². The molecule has 0 bridgehead atoms. The molecular weight excluding hydrogens is 302 g/mol. The van der Waals surface area contributed by atoms with Gasteiger partial charge in [0.25, 0.3) is 0 Å². The molecule has 1 aromatic carbocycles. The molecule has 6 heteroatoms. The molecule has 1 fully saturated rings. The Kier molecular flexibility index (Phi) is 5.44. The number of hydrogen-bond donors (Lipinski definition) is 1. The van der Waals surface area contributed by atoms with Crippen molar-refractivity contribution in [2.24, 2.45) is 5.92 Å². The lowest BCUT2D eigenvalue weighted by molar-refractivity contribution is 0.0172. The molecule has 1 aromatic rings. The van der Waals surface area contributed by atoms with Crippen molar-refractivity contribution in [1.82, 2.24) is 4.90 Å². The standard InChI is InChI=1S/C17H24F2N2O2/c1-17(2,3)23-16(22)21-9-5-6-12(11-21)10-20-14-8-4-7-13(18)15(14)19/h4,7-8,12,20H,5-6,9-11H2,1-3H3. The Bertz CT molecular complexity index is 558. The highest BCUT2D eigenvalue weighted by atomic mass is 19.2. The molecule has 0 aromatic heterocycles. The Morgan fingerprint density at radius 3 is 2.83 bits per heavy atom. The molecule has 1 aliphatic heterocycles. The number of hydrogen-bond acceptors (Lipinski definition) is 3. The lowest BCUT2D eigenvalue weighted by atomic mass is 9.98. The zero-order valence-electron chi connectivity index (χ0n) is 13.9. The molecule has 1 amide bonds. The van der Waals surface area contributed by atoms with E-state index in [0.29, 0.717) is 19.6 Å². The van der Waals surface area contributed by atoms with Crippen LogP contribution in [0, 0.1) is 17.6 Å². The van der Waals surface area contributed by atoms with Crippen molar-refractivity contribution >= 4 is 11.8 Å². The van der Waals surface area contributed by atoms with E-state index < -0.39 is 17.2 Å². The number of amides is 1. The first-order chi connectivity index (χ1) is 10.8.